The van der Waals surface area contributed by atoms with Crippen LogP contribution in [0.2, 0.25) is 0 Å². The third kappa shape index (κ3) is 6.18. The summed E-state index contributed by atoms with van der Waals surface area (Å²) in [5, 5.41) is 3.49. The summed E-state index contributed by atoms with van der Waals surface area (Å²) < 4.78 is 0. The minimum Gasteiger partial charge on any atom is -0.326 e. The number of aryl methyl sites for hydroxylation is 2. The minimum atomic E-state index is -0.0325. The molecule has 0 amide bonds. The Kier molecular flexibility index (Phi) is 5.83. The molecule has 102 valence electrons. The molecule has 0 aliphatic rings. The number of rotatable bonds is 7. The predicted molar refractivity (Wildman–Crippen MR) is 80.0 cm³/mol. The first-order valence-electron chi connectivity index (χ1n) is 6.94. The summed E-state index contributed by atoms with van der Waals surface area (Å²) in [6.07, 6.45) is 3.33. The van der Waals surface area contributed by atoms with Crippen LogP contribution in [0.4, 0.5) is 0 Å². The molecule has 0 fully saturated rings. The van der Waals surface area contributed by atoms with Crippen molar-refractivity contribution in [2.75, 3.05) is 13.1 Å². The highest BCUT2D eigenvalue weighted by Gasteiger charge is 2.08. The molecule has 0 atom stereocenters. The second-order valence-electron chi connectivity index (χ2n) is 6.02. The molecule has 0 aromatic heterocycles. The smallest absolute Gasteiger partial charge is 0.00975 e. The van der Waals surface area contributed by atoms with Crippen LogP contribution in [0.25, 0.3) is 0 Å². The van der Waals surface area contributed by atoms with Gasteiger partial charge in [0.05, 0.1) is 0 Å². The Morgan fingerprint density at radius 1 is 1.17 bits per heavy atom. The zero-order valence-corrected chi connectivity index (χ0v) is 12.3. The van der Waals surface area contributed by atoms with Crippen LogP contribution in [0.1, 0.15) is 43.4 Å². The zero-order chi connectivity index (χ0) is 13.6. The van der Waals surface area contributed by atoms with E-state index in [2.05, 4.69) is 51.2 Å². The summed E-state index contributed by atoms with van der Waals surface area (Å²) in [5.41, 5.74) is 10.1. The molecule has 0 aliphatic carbocycles. The average Bonchev–Trinajstić information content (AvgIpc) is 2.24. The van der Waals surface area contributed by atoms with Gasteiger partial charge in [-0.3, -0.25) is 0 Å². The lowest BCUT2D eigenvalue weighted by Crippen LogP contribution is -2.33. The fourth-order valence-electron chi connectivity index (χ4n) is 2.14. The number of hydrogen-bond acceptors (Lipinski definition) is 2. The van der Waals surface area contributed by atoms with E-state index in [0.717, 1.165) is 32.4 Å². The van der Waals surface area contributed by atoms with E-state index in [1.165, 1.54) is 16.7 Å². The van der Waals surface area contributed by atoms with Crippen molar-refractivity contribution in [1.82, 2.24) is 5.32 Å². The molecule has 2 heteroatoms. The van der Waals surface area contributed by atoms with Crippen molar-refractivity contribution in [2.24, 2.45) is 5.73 Å². The second kappa shape index (κ2) is 6.91. The largest absolute Gasteiger partial charge is 0.326 e. The molecule has 0 aliphatic heterocycles. The summed E-state index contributed by atoms with van der Waals surface area (Å²) >= 11 is 0. The van der Waals surface area contributed by atoms with Crippen molar-refractivity contribution < 1.29 is 0 Å². The van der Waals surface area contributed by atoms with Gasteiger partial charge in [-0.2, -0.15) is 0 Å². The third-order valence-electron chi connectivity index (χ3n) is 3.24. The van der Waals surface area contributed by atoms with Gasteiger partial charge in [0.1, 0.15) is 0 Å². The molecule has 2 nitrogen and oxygen atoms in total. The third-order valence-corrected chi connectivity index (χ3v) is 3.24. The average molecular weight is 248 g/mol. The van der Waals surface area contributed by atoms with E-state index in [-0.39, 0.29) is 5.54 Å². The van der Waals surface area contributed by atoms with Gasteiger partial charge in [-0.1, -0.05) is 23.8 Å². The van der Waals surface area contributed by atoms with Crippen LogP contribution < -0.4 is 11.1 Å². The fraction of sp³-hybridized carbons (Fsp3) is 0.625. The van der Waals surface area contributed by atoms with Gasteiger partial charge < -0.3 is 11.1 Å². The summed E-state index contributed by atoms with van der Waals surface area (Å²) in [6, 6.07) is 6.70. The first kappa shape index (κ1) is 15.2. The Bertz CT molecular complexity index is 364. The molecular formula is C16H28N2. The van der Waals surface area contributed by atoms with Gasteiger partial charge in [-0.25, -0.2) is 0 Å². The Balaban J connectivity index is 2.18. The molecule has 0 bridgehead atoms. The molecule has 0 radical (unpaired) electrons. The Labute approximate surface area is 112 Å². The van der Waals surface area contributed by atoms with Crippen LogP contribution in [0.15, 0.2) is 18.2 Å². The van der Waals surface area contributed by atoms with Crippen molar-refractivity contribution in [3.63, 3.8) is 0 Å². The van der Waals surface area contributed by atoms with Crippen LogP contribution in [0.3, 0.4) is 0 Å². The second-order valence-corrected chi connectivity index (χ2v) is 6.02. The number of benzene rings is 1. The van der Waals surface area contributed by atoms with Gasteiger partial charge in [0, 0.05) is 5.54 Å². The number of nitrogens with one attached hydrogen (secondary N) is 1. The molecule has 1 aromatic carbocycles. The van der Waals surface area contributed by atoms with E-state index < -0.39 is 0 Å². The summed E-state index contributed by atoms with van der Waals surface area (Å²) in [7, 11) is 0. The first-order valence-corrected chi connectivity index (χ1v) is 6.94. The van der Waals surface area contributed by atoms with Crippen LogP contribution in [0.5, 0.6) is 0 Å². The topological polar surface area (TPSA) is 38.0 Å². The van der Waals surface area contributed by atoms with Gasteiger partial charge in [-0.05, 0) is 71.2 Å². The first-order chi connectivity index (χ1) is 8.38. The molecule has 0 spiro atoms. The summed E-state index contributed by atoms with van der Waals surface area (Å²) in [5.74, 6) is 0. The molecule has 0 saturated carbocycles. The summed E-state index contributed by atoms with van der Waals surface area (Å²) in [6.45, 7) is 10.6. The van der Waals surface area contributed by atoms with Gasteiger partial charge >= 0.3 is 0 Å². The van der Waals surface area contributed by atoms with Gasteiger partial charge in [0.2, 0.25) is 0 Å². The lowest BCUT2D eigenvalue weighted by atomic mass is 10.0. The molecule has 1 rings (SSSR count). The Hall–Kier alpha value is -0.860. The number of nitrogens with two attached hydrogens (primary N) is 1. The highest BCUT2D eigenvalue weighted by molar-refractivity contribution is 5.30. The predicted octanol–water partition coefficient (Wildman–Crippen LogP) is 2.95. The summed E-state index contributed by atoms with van der Waals surface area (Å²) in [4.78, 5) is 0. The molecule has 0 heterocycles. The van der Waals surface area contributed by atoms with E-state index in [9.17, 15) is 0 Å². The van der Waals surface area contributed by atoms with Gasteiger partial charge in [0.15, 0.2) is 0 Å². The normalized spacial score (nSPS) is 11.8. The molecular weight excluding hydrogens is 220 g/mol. The monoisotopic (exact) mass is 248 g/mol. The van der Waals surface area contributed by atoms with Gasteiger partial charge in [0.25, 0.3) is 0 Å². The maximum absolute atomic E-state index is 5.95. The van der Waals surface area contributed by atoms with Crippen molar-refractivity contribution in [3.05, 3.63) is 34.9 Å². The van der Waals surface area contributed by atoms with E-state index in [1.54, 1.807) is 0 Å². The lowest BCUT2D eigenvalue weighted by molar-refractivity contribution is 0.449. The molecule has 0 unspecified atom stereocenters. The van der Waals surface area contributed by atoms with E-state index in [0.29, 0.717) is 0 Å². The van der Waals surface area contributed by atoms with Crippen LogP contribution in [-0.2, 0) is 6.42 Å². The van der Waals surface area contributed by atoms with Gasteiger partial charge in [-0.15, -0.1) is 0 Å². The quantitative estimate of drug-likeness (QED) is 0.728. The standard InChI is InChI=1S/C16H28N2/c1-13-6-7-15(14(2)12-13)8-11-18-10-5-9-16(3,4)17/h6-7,12,18H,5,8-11,17H2,1-4H3. The Morgan fingerprint density at radius 2 is 1.89 bits per heavy atom. The highest BCUT2D eigenvalue weighted by Crippen LogP contribution is 2.10. The van der Waals surface area contributed by atoms with Crippen LogP contribution in [0, 0.1) is 13.8 Å². The van der Waals surface area contributed by atoms with Crippen molar-refractivity contribution in [1.29, 1.82) is 0 Å². The van der Waals surface area contributed by atoms with Crippen molar-refractivity contribution >= 4 is 0 Å². The van der Waals surface area contributed by atoms with Crippen LogP contribution in [-0.4, -0.2) is 18.6 Å². The molecule has 18 heavy (non-hydrogen) atoms. The maximum atomic E-state index is 5.95. The fourth-order valence-corrected chi connectivity index (χ4v) is 2.14. The Morgan fingerprint density at radius 3 is 2.50 bits per heavy atom. The molecule has 0 saturated heterocycles. The number of hydrogen-bond donors (Lipinski definition) is 2. The molecule has 1 aromatic rings. The van der Waals surface area contributed by atoms with Crippen molar-refractivity contribution in [3.8, 4) is 0 Å². The van der Waals surface area contributed by atoms with E-state index in [4.69, 9.17) is 5.73 Å². The zero-order valence-electron chi connectivity index (χ0n) is 12.3. The highest BCUT2D eigenvalue weighted by atomic mass is 14.8. The molecule has 3 N–H and O–H groups in total. The SMILES string of the molecule is Cc1ccc(CCNCCCC(C)(C)N)c(C)c1. The van der Waals surface area contributed by atoms with Crippen molar-refractivity contribution in [2.45, 2.75) is 52.5 Å². The van der Waals surface area contributed by atoms with E-state index >= 15 is 0 Å². The van der Waals surface area contributed by atoms with E-state index in [1.807, 2.05) is 0 Å². The minimum absolute atomic E-state index is 0.0325. The maximum Gasteiger partial charge on any atom is 0.00975 e. The lowest BCUT2D eigenvalue weighted by Gasteiger charge is -2.18. The van der Waals surface area contributed by atoms with Crippen LogP contribution >= 0.6 is 0 Å².